The summed E-state index contributed by atoms with van der Waals surface area (Å²) in [6.07, 6.45) is -3.15. The zero-order valence-corrected chi connectivity index (χ0v) is 22.9. The van der Waals surface area contributed by atoms with Gasteiger partial charge in [0.05, 0.1) is 11.1 Å². The number of piperazine rings is 1. The van der Waals surface area contributed by atoms with Crippen molar-refractivity contribution in [3.63, 3.8) is 0 Å². The molecule has 5 rings (SSSR count). The third-order valence-corrected chi connectivity index (χ3v) is 8.79. The maximum atomic E-state index is 15.0. The second kappa shape index (κ2) is 10.2. The van der Waals surface area contributed by atoms with E-state index in [1.165, 1.54) is 10.6 Å². The Morgan fingerprint density at radius 2 is 1.85 bits per heavy atom. The SMILES string of the molecule is C=CC(=O)N1[C@H](C)CN(c2nc(=O)n3c4c(c(-c5ccc(F)cc5F)c(C(F)(F)F)cc24)SC[C@@H]3CC)C[C@@H]1C. The van der Waals surface area contributed by atoms with Crippen LogP contribution in [0.15, 0.2) is 46.6 Å². The molecule has 12 heteroatoms. The van der Waals surface area contributed by atoms with E-state index in [2.05, 4.69) is 11.6 Å². The molecule has 0 radical (unpaired) electrons. The van der Waals surface area contributed by atoms with Gasteiger partial charge in [0.1, 0.15) is 17.5 Å². The van der Waals surface area contributed by atoms with Gasteiger partial charge in [0.2, 0.25) is 5.91 Å². The zero-order chi connectivity index (χ0) is 29.1. The second-order valence-corrected chi connectivity index (χ2v) is 11.2. The molecule has 1 aromatic heterocycles. The van der Waals surface area contributed by atoms with Crippen molar-refractivity contribution in [3.05, 3.63) is 64.6 Å². The summed E-state index contributed by atoms with van der Waals surface area (Å²) in [7, 11) is 0. The van der Waals surface area contributed by atoms with Crippen LogP contribution in [0.2, 0.25) is 0 Å². The van der Waals surface area contributed by atoms with Crippen LogP contribution < -0.4 is 10.6 Å². The molecular formula is C28H27F5N4O2S. The minimum Gasteiger partial charge on any atom is -0.352 e. The third kappa shape index (κ3) is 4.55. The number of nitrogens with zero attached hydrogens (tertiary/aromatic N) is 4. The van der Waals surface area contributed by atoms with Gasteiger partial charge in [-0.2, -0.15) is 18.2 Å². The van der Waals surface area contributed by atoms with Gasteiger partial charge in [0, 0.05) is 64.4 Å². The van der Waals surface area contributed by atoms with E-state index in [4.69, 9.17) is 0 Å². The Labute approximate surface area is 231 Å². The van der Waals surface area contributed by atoms with Crippen LogP contribution in [0.1, 0.15) is 38.8 Å². The standard InChI is InChI=1S/C28H27F5N4O2S/c1-5-17-13-40-25-23(18-8-7-16(29)9-21(18)30)20(28(31,32)33)10-19-24(25)37(17)27(39)34-26(19)35-11-14(3)36(15(4)12-35)22(38)6-2/h6-10,14-15,17H,2,5,11-13H2,1,3-4H3/t14-,15+,17-/m0/s1. The number of aromatic nitrogens is 2. The van der Waals surface area contributed by atoms with Gasteiger partial charge in [-0.05, 0) is 44.5 Å². The third-order valence-electron chi connectivity index (χ3n) is 7.55. The predicted molar refractivity (Wildman–Crippen MR) is 145 cm³/mol. The van der Waals surface area contributed by atoms with Crippen molar-refractivity contribution >= 4 is 34.4 Å². The fourth-order valence-corrected chi connectivity index (χ4v) is 7.30. The molecular weight excluding hydrogens is 551 g/mol. The molecule has 1 fully saturated rings. The summed E-state index contributed by atoms with van der Waals surface area (Å²) in [4.78, 5) is 33.7. The topological polar surface area (TPSA) is 58.4 Å². The van der Waals surface area contributed by atoms with Crippen LogP contribution in [0.5, 0.6) is 0 Å². The second-order valence-electron chi connectivity index (χ2n) is 10.2. The van der Waals surface area contributed by atoms with Gasteiger partial charge in [-0.1, -0.05) is 13.5 Å². The smallest absolute Gasteiger partial charge is 0.352 e. The number of thioether (sulfide) groups is 1. The first kappa shape index (κ1) is 28.1. The number of carbonyl (C=O) groups excluding carboxylic acids is 1. The molecule has 0 unspecified atom stereocenters. The first-order valence-electron chi connectivity index (χ1n) is 12.9. The van der Waals surface area contributed by atoms with Crippen LogP contribution in [-0.4, -0.2) is 51.3 Å². The number of halogens is 5. The van der Waals surface area contributed by atoms with Crippen molar-refractivity contribution in [1.82, 2.24) is 14.5 Å². The molecule has 0 aliphatic carbocycles. The lowest BCUT2D eigenvalue weighted by Gasteiger charge is -2.45. The summed E-state index contributed by atoms with van der Waals surface area (Å²) in [6, 6.07) is 2.36. The van der Waals surface area contributed by atoms with E-state index >= 15 is 4.39 Å². The number of anilines is 1. The van der Waals surface area contributed by atoms with Crippen LogP contribution in [0.4, 0.5) is 27.8 Å². The highest BCUT2D eigenvalue weighted by molar-refractivity contribution is 7.99. The van der Waals surface area contributed by atoms with Crippen molar-refractivity contribution in [3.8, 4) is 11.1 Å². The molecule has 2 aliphatic rings. The van der Waals surface area contributed by atoms with Gasteiger partial charge < -0.3 is 9.80 Å². The fraction of sp³-hybridized carbons (Fsp3) is 0.393. The van der Waals surface area contributed by atoms with Gasteiger partial charge in [0.15, 0.2) is 0 Å². The predicted octanol–water partition coefficient (Wildman–Crippen LogP) is 6.03. The van der Waals surface area contributed by atoms with E-state index in [1.54, 1.807) is 9.80 Å². The van der Waals surface area contributed by atoms with Gasteiger partial charge in [-0.25, -0.2) is 13.6 Å². The summed E-state index contributed by atoms with van der Waals surface area (Å²) >= 11 is 1.12. The van der Waals surface area contributed by atoms with E-state index in [-0.39, 0.29) is 64.5 Å². The van der Waals surface area contributed by atoms with E-state index in [0.717, 1.165) is 30.0 Å². The molecule has 3 aromatic rings. The maximum Gasteiger partial charge on any atom is 0.417 e. The molecule has 3 atom stereocenters. The molecule has 212 valence electrons. The first-order chi connectivity index (χ1) is 18.9. The number of rotatable bonds is 4. The Morgan fingerprint density at radius 1 is 1.18 bits per heavy atom. The van der Waals surface area contributed by atoms with Crippen molar-refractivity contribution < 1.29 is 26.7 Å². The molecule has 2 aromatic carbocycles. The van der Waals surface area contributed by atoms with Gasteiger partial charge in [0.25, 0.3) is 0 Å². The molecule has 40 heavy (non-hydrogen) atoms. The van der Waals surface area contributed by atoms with E-state index in [1.807, 2.05) is 20.8 Å². The van der Waals surface area contributed by atoms with Crippen LogP contribution in [-0.2, 0) is 11.0 Å². The lowest BCUT2D eigenvalue weighted by molar-refractivity contribution is -0.137. The molecule has 6 nitrogen and oxygen atoms in total. The minimum absolute atomic E-state index is 0.0795. The molecule has 2 aliphatic heterocycles. The molecule has 3 heterocycles. The average Bonchev–Trinajstić information content (AvgIpc) is 2.89. The van der Waals surface area contributed by atoms with Gasteiger partial charge in [-0.3, -0.25) is 9.36 Å². The van der Waals surface area contributed by atoms with Gasteiger partial charge >= 0.3 is 11.9 Å². The van der Waals surface area contributed by atoms with Crippen LogP contribution in [0, 0.1) is 11.6 Å². The van der Waals surface area contributed by atoms with Crippen LogP contribution in [0.25, 0.3) is 22.0 Å². The van der Waals surface area contributed by atoms with E-state index in [0.29, 0.717) is 12.5 Å². The highest BCUT2D eigenvalue weighted by Gasteiger charge is 2.40. The van der Waals surface area contributed by atoms with Crippen LogP contribution in [0.3, 0.4) is 0 Å². The number of hydrogen-bond donors (Lipinski definition) is 0. The van der Waals surface area contributed by atoms with Crippen LogP contribution >= 0.6 is 11.8 Å². The number of hydrogen-bond acceptors (Lipinski definition) is 5. The Bertz CT molecular complexity index is 1580. The van der Waals surface area contributed by atoms with Crippen molar-refractivity contribution in [2.75, 3.05) is 23.7 Å². The normalized spacial score (nSPS) is 21.1. The molecule has 0 N–H and O–H groups in total. The maximum absolute atomic E-state index is 15.0. The zero-order valence-electron chi connectivity index (χ0n) is 22.1. The number of alkyl halides is 3. The highest BCUT2D eigenvalue weighted by atomic mass is 32.2. The number of carbonyl (C=O) groups is 1. The number of amides is 1. The average molecular weight is 579 g/mol. The summed E-state index contributed by atoms with van der Waals surface area (Å²) in [6.45, 7) is 9.48. The van der Waals surface area contributed by atoms with Crippen molar-refractivity contribution in [1.29, 1.82) is 0 Å². The summed E-state index contributed by atoms with van der Waals surface area (Å²) < 4.78 is 74.1. The quantitative estimate of drug-likeness (QED) is 0.280. The van der Waals surface area contributed by atoms with E-state index < -0.39 is 40.2 Å². The summed E-state index contributed by atoms with van der Waals surface area (Å²) in [5.74, 6) is -1.95. The Morgan fingerprint density at radius 3 is 2.42 bits per heavy atom. The van der Waals surface area contributed by atoms with Gasteiger partial charge in [-0.15, -0.1) is 11.8 Å². The highest BCUT2D eigenvalue weighted by Crippen LogP contribution is 2.50. The monoisotopic (exact) mass is 578 g/mol. The largest absolute Gasteiger partial charge is 0.417 e. The molecule has 0 saturated carbocycles. The lowest BCUT2D eigenvalue weighted by atomic mass is 9.95. The lowest BCUT2D eigenvalue weighted by Crippen LogP contribution is -2.58. The molecule has 1 amide bonds. The minimum atomic E-state index is -4.89. The number of benzene rings is 2. The summed E-state index contributed by atoms with van der Waals surface area (Å²) in [5, 5.41) is 0.113. The molecule has 0 spiro atoms. The Balaban J connectivity index is 1.83. The van der Waals surface area contributed by atoms with Crippen molar-refractivity contribution in [2.24, 2.45) is 0 Å². The first-order valence-corrected chi connectivity index (χ1v) is 13.8. The van der Waals surface area contributed by atoms with Crippen molar-refractivity contribution in [2.45, 2.75) is 56.4 Å². The summed E-state index contributed by atoms with van der Waals surface area (Å²) in [5.41, 5.74) is -2.30. The fourth-order valence-electron chi connectivity index (χ4n) is 5.85. The van der Waals surface area contributed by atoms with E-state index in [9.17, 15) is 27.2 Å². The Kier molecular flexibility index (Phi) is 7.18. The molecule has 1 saturated heterocycles. The molecule has 0 bridgehead atoms. The Hall–Kier alpha value is -3.41.